The standard InChI is InChI=1S/C25H34N4O4/c1-4-24(30)27-22-18-19(25(31)26-20-7-9-21(32-3)10-8-20)6-11-23(22)33-17-5-12-29-15-13-28(2)14-16-29/h6-11,18H,4-5,12-17H2,1-3H3,(H,26,31)(H,27,30). The van der Waals surface area contributed by atoms with Gasteiger partial charge in [0.05, 0.1) is 19.4 Å². The maximum absolute atomic E-state index is 12.7. The average Bonchev–Trinajstić information content (AvgIpc) is 2.84. The molecule has 2 aromatic rings. The minimum Gasteiger partial charge on any atom is -0.497 e. The van der Waals surface area contributed by atoms with E-state index in [2.05, 4.69) is 27.5 Å². The van der Waals surface area contributed by atoms with Crippen LogP contribution in [-0.2, 0) is 4.79 Å². The molecule has 178 valence electrons. The highest BCUT2D eigenvalue weighted by Gasteiger charge is 2.15. The first-order valence-corrected chi connectivity index (χ1v) is 11.4. The number of nitrogens with zero attached hydrogens (tertiary/aromatic N) is 2. The van der Waals surface area contributed by atoms with Gasteiger partial charge in [0.25, 0.3) is 5.91 Å². The van der Waals surface area contributed by atoms with E-state index >= 15 is 0 Å². The third kappa shape index (κ3) is 7.47. The molecule has 0 bridgehead atoms. The van der Waals surface area contributed by atoms with Crippen molar-refractivity contribution in [2.45, 2.75) is 19.8 Å². The largest absolute Gasteiger partial charge is 0.497 e. The molecular weight excluding hydrogens is 420 g/mol. The predicted molar refractivity (Wildman–Crippen MR) is 130 cm³/mol. The number of anilines is 2. The number of carbonyl (C=O) groups excluding carboxylic acids is 2. The average molecular weight is 455 g/mol. The summed E-state index contributed by atoms with van der Waals surface area (Å²) in [6.45, 7) is 7.64. The number of amides is 2. The van der Waals surface area contributed by atoms with Gasteiger partial charge in [0.15, 0.2) is 0 Å². The van der Waals surface area contributed by atoms with Gasteiger partial charge in [0.1, 0.15) is 11.5 Å². The topological polar surface area (TPSA) is 83.1 Å². The number of likely N-dealkylation sites (N-methyl/N-ethyl adjacent to an activating group) is 1. The minimum absolute atomic E-state index is 0.134. The van der Waals surface area contributed by atoms with Gasteiger partial charge in [-0.2, -0.15) is 0 Å². The number of carbonyl (C=O) groups is 2. The van der Waals surface area contributed by atoms with Crippen LogP contribution in [0.4, 0.5) is 11.4 Å². The van der Waals surface area contributed by atoms with Gasteiger partial charge in [0.2, 0.25) is 5.91 Å². The van der Waals surface area contributed by atoms with Crippen LogP contribution in [0.25, 0.3) is 0 Å². The Labute approximate surface area is 195 Å². The van der Waals surface area contributed by atoms with Crippen LogP contribution in [-0.4, -0.2) is 75.1 Å². The fourth-order valence-corrected chi connectivity index (χ4v) is 3.55. The maximum Gasteiger partial charge on any atom is 0.255 e. The Balaban J connectivity index is 1.61. The molecule has 1 aliphatic heterocycles. The molecule has 0 aliphatic carbocycles. The molecule has 0 aromatic heterocycles. The summed E-state index contributed by atoms with van der Waals surface area (Å²) in [4.78, 5) is 29.6. The molecule has 1 heterocycles. The van der Waals surface area contributed by atoms with Crippen molar-refractivity contribution in [3.05, 3.63) is 48.0 Å². The van der Waals surface area contributed by atoms with Gasteiger partial charge in [-0.3, -0.25) is 9.59 Å². The summed E-state index contributed by atoms with van der Waals surface area (Å²) in [5.41, 5.74) is 1.59. The molecule has 0 unspecified atom stereocenters. The molecule has 1 saturated heterocycles. The third-order valence-electron chi connectivity index (χ3n) is 5.66. The van der Waals surface area contributed by atoms with Gasteiger partial charge in [-0.05, 0) is 55.9 Å². The smallest absolute Gasteiger partial charge is 0.255 e. The van der Waals surface area contributed by atoms with Crippen LogP contribution in [0.2, 0.25) is 0 Å². The van der Waals surface area contributed by atoms with E-state index in [-0.39, 0.29) is 11.8 Å². The summed E-state index contributed by atoms with van der Waals surface area (Å²) in [6.07, 6.45) is 1.23. The molecule has 0 saturated carbocycles. The zero-order valence-electron chi connectivity index (χ0n) is 19.7. The highest BCUT2D eigenvalue weighted by atomic mass is 16.5. The quantitative estimate of drug-likeness (QED) is 0.536. The number of piperazine rings is 1. The van der Waals surface area contributed by atoms with Crippen LogP contribution in [0.5, 0.6) is 11.5 Å². The number of hydrogen-bond donors (Lipinski definition) is 2. The van der Waals surface area contributed by atoms with E-state index in [9.17, 15) is 9.59 Å². The Bertz CT molecular complexity index is 925. The summed E-state index contributed by atoms with van der Waals surface area (Å²) in [6, 6.07) is 12.2. The first-order valence-electron chi connectivity index (χ1n) is 11.4. The lowest BCUT2D eigenvalue weighted by Crippen LogP contribution is -2.44. The van der Waals surface area contributed by atoms with Crippen LogP contribution < -0.4 is 20.1 Å². The van der Waals surface area contributed by atoms with Gasteiger partial charge in [-0.1, -0.05) is 6.92 Å². The first-order chi connectivity index (χ1) is 16.0. The number of rotatable bonds is 10. The van der Waals surface area contributed by atoms with Crippen molar-refractivity contribution in [1.29, 1.82) is 0 Å². The second kappa shape index (κ2) is 12.2. The molecule has 0 spiro atoms. The van der Waals surface area contributed by atoms with Crippen molar-refractivity contribution in [1.82, 2.24) is 9.80 Å². The minimum atomic E-state index is -0.270. The van der Waals surface area contributed by atoms with Gasteiger partial charge in [-0.15, -0.1) is 0 Å². The Morgan fingerprint density at radius 3 is 2.39 bits per heavy atom. The fraction of sp³-hybridized carbons (Fsp3) is 0.440. The Morgan fingerprint density at radius 1 is 1.00 bits per heavy atom. The van der Waals surface area contributed by atoms with Gasteiger partial charge in [0, 0.05) is 50.4 Å². The molecule has 0 atom stereocenters. The normalized spacial score (nSPS) is 14.5. The van der Waals surface area contributed by atoms with Crippen molar-refractivity contribution < 1.29 is 19.1 Å². The van der Waals surface area contributed by atoms with E-state index in [1.54, 1.807) is 56.5 Å². The Kier molecular flexibility index (Phi) is 9.09. The Morgan fingerprint density at radius 2 is 1.73 bits per heavy atom. The van der Waals surface area contributed by atoms with Crippen LogP contribution in [0.15, 0.2) is 42.5 Å². The number of ether oxygens (including phenoxy) is 2. The zero-order chi connectivity index (χ0) is 23.6. The van der Waals surface area contributed by atoms with E-state index in [1.807, 2.05) is 0 Å². The zero-order valence-corrected chi connectivity index (χ0v) is 19.7. The number of nitrogens with one attached hydrogen (secondary N) is 2. The van der Waals surface area contributed by atoms with E-state index in [0.29, 0.717) is 41.5 Å². The van der Waals surface area contributed by atoms with Gasteiger partial charge in [-0.25, -0.2) is 0 Å². The lowest BCUT2D eigenvalue weighted by atomic mass is 10.1. The number of hydrogen-bond acceptors (Lipinski definition) is 6. The molecule has 1 aliphatic rings. The second-order valence-corrected chi connectivity index (χ2v) is 8.14. The SMILES string of the molecule is CCC(=O)Nc1cc(C(=O)Nc2ccc(OC)cc2)ccc1OCCCN1CCN(C)CC1. The molecule has 0 radical (unpaired) electrons. The van der Waals surface area contributed by atoms with Crippen LogP contribution in [0, 0.1) is 0 Å². The molecule has 8 heteroatoms. The third-order valence-corrected chi connectivity index (χ3v) is 5.66. The molecule has 1 fully saturated rings. The van der Waals surface area contributed by atoms with Crippen molar-refractivity contribution >= 4 is 23.2 Å². The van der Waals surface area contributed by atoms with E-state index < -0.39 is 0 Å². The summed E-state index contributed by atoms with van der Waals surface area (Å²) >= 11 is 0. The van der Waals surface area contributed by atoms with Crippen molar-refractivity contribution in [2.75, 3.05) is 64.1 Å². The van der Waals surface area contributed by atoms with Crippen LogP contribution >= 0.6 is 0 Å². The molecule has 33 heavy (non-hydrogen) atoms. The lowest BCUT2D eigenvalue weighted by Gasteiger charge is -2.32. The highest BCUT2D eigenvalue weighted by Crippen LogP contribution is 2.27. The molecule has 2 N–H and O–H groups in total. The first kappa shape index (κ1) is 24.5. The summed E-state index contributed by atoms with van der Waals surface area (Å²) in [7, 11) is 3.74. The number of benzene rings is 2. The second-order valence-electron chi connectivity index (χ2n) is 8.14. The van der Waals surface area contributed by atoms with E-state index in [1.165, 1.54) is 0 Å². The molecular formula is C25H34N4O4. The summed E-state index contributed by atoms with van der Waals surface area (Å²) < 4.78 is 11.1. The van der Waals surface area contributed by atoms with Crippen LogP contribution in [0.1, 0.15) is 30.1 Å². The lowest BCUT2D eigenvalue weighted by molar-refractivity contribution is -0.115. The Hall–Kier alpha value is -3.10. The molecule has 8 nitrogen and oxygen atoms in total. The van der Waals surface area contributed by atoms with E-state index in [4.69, 9.17) is 9.47 Å². The van der Waals surface area contributed by atoms with E-state index in [0.717, 1.165) is 39.1 Å². The summed E-state index contributed by atoms with van der Waals surface area (Å²) in [5, 5.41) is 5.71. The van der Waals surface area contributed by atoms with Crippen molar-refractivity contribution in [2.24, 2.45) is 0 Å². The van der Waals surface area contributed by atoms with Crippen LogP contribution in [0.3, 0.4) is 0 Å². The molecule has 2 amide bonds. The molecule has 2 aromatic carbocycles. The predicted octanol–water partition coefficient (Wildman–Crippen LogP) is 3.31. The summed E-state index contributed by atoms with van der Waals surface area (Å²) in [5.74, 6) is 0.877. The fourth-order valence-electron chi connectivity index (χ4n) is 3.55. The van der Waals surface area contributed by atoms with Crippen molar-refractivity contribution in [3.63, 3.8) is 0 Å². The molecule has 3 rings (SSSR count). The number of methoxy groups -OCH3 is 1. The monoisotopic (exact) mass is 454 g/mol. The van der Waals surface area contributed by atoms with Gasteiger partial charge >= 0.3 is 0 Å². The van der Waals surface area contributed by atoms with Crippen molar-refractivity contribution in [3.8, 4) is 11.5 Å². The highest BCUT2D eigenvalue weighted by molar-refractivity contribution is 6.05. The van der Waals surface area contributed by atoms with Gasteiger partial charge < -0.3 is 29.9 Å². The maximum atomic E-state index is 12.7.